The van der Waals surface area contributed by atoms with Crippen molar-refractivity contribution in [1.82, 2.24) is 15.3 Å². The first kappa shape index (κ1) is 21.4. The fourth-order valence-corrected chi connectivity index (χ4v) is 4.76. The minimum Gasteiger partial charge on any atom is -0.307 e. The smallest absolute Gasteiger partial charge is 0.307 e. The standard InChI is InChI=1S/C25H32N4O2/c1-18-10-9-11-20(16-18)26-25(31)27-29-17-23(28-14-7-3-4-8-15-28)22-13-6-5-12-21(22)19(2)24(29)30/h5-6,9-13,16,19,23H,3-4,7-8,14-15,17H2,1-2H3,(H2,26,27,31)/t19-,23-/m0/s1. The normalized spacial score (nSPS) is 22.3. The van der Waals surface area contributed by atoms with Crippen molar-refractivity contribution in [3.8, 4) is 0 Å². The van der Waals surface area contributed by atoms with E-state index in [-0.39, 0.29) is 17.9 Å². The highest BCUT2D eigenvalue weighted by molar-refractivity contribution is 5.92. The van der Waals surface area contributed by atoms with Crippen LogP contribution in [0, 0.1) is 6.92 Å². The minimum absolute atomic E-state index is 0.0717. The Morgan fingerprint density at radius 2 is 1.68 bits per heavy atom. The highest BCUT2D eigenvalue weighted by atomic mass is 16.2. The van der Waals surface area contributed by atoms with Gasteiger partial charge in [0, 0.05) is 5.69 Å². The highest BCUT2D eigenvalue weighted by Crippen LogP contribution is 2.35. The van der Waals surface area contributed by atoms with Gasteiger partial charge in [0.15, 0.2) is 0 Å². The lowest BCUT2D eigenvalue weighted by molar-refractivity contribution is -0.135. The van der Waals surface area contributed by atoms with Crippen LogP contribution in [0.15, 0.2) is 48.5 Å². The van der Waals surface area contributed by atoms with Gasteiger partial charge >= 0.3 is 6.03 Å². The average Bonchev–Trinajstić information content (AvgIpc) is 3.09. The summed E-state index contributed by atoms with van der Waals surface area (Å²) in [5, 5.41) is 4.37. The summed E-state index contributed by atoms with van der Waals surface area (Å²) in [6, 6.07) is 15.5. The molecule has 1 saturated heterocycles. The van der Waals surface area contributed by atoms with Crippen LogP contribution in [-0.4, -0.2) is 41.5 Å². The Hall–Kier alpha value is -2.86. The monoisotopic (exact) mass is 420 g/mol. The lowest BCUT2D eigenvalue weighted by Crippen LogP contribution is -2.51. The number of rotatable bonds is 3. The van der Waals surface area contributed by atoms with Gasteiger partial charge in [-0.1, -0.05) is 49.2 Å². The van der Waals surface area contributed by atoms with Crippen molar-refractivity contribution in [2.45, 2.75) is 51.5 Å². The van der Waals surface area contributed by atoms with Crippen molar-refractivity contribution < 1.29 is 9.59 Å². The summed E-state index contributed by atoms with van der Waals surface area (Å²) in [7, 11) is 0. The molecule has 6 heteroatoms. The van der Waals surface area contributed by atoms with Crippen LogP contribution in [0.5, 0.6) is 0 Å². The van der Waals surface area contributed by atoms with Crippen molar-refractivity contribution in [1.29, 1.82) is 0 Å². The quantitative estimate of drug-likeness (QED) is 0.763. The number of likely N-dealkylation sites (tertiary alicyclic amines) is 1. The molecular weight excluding hydrogens is 388 g/mol. The van der Waals surface area contributed by atoms with Crippen molar-refractivity contribution in [2.75, 3.05) is 25.0 Å². The lowest BCUT2D eigenvalue weighted by atomic mass is 9.92. The Labute approximate surface area is 184 Å². The molecule has 164 valence electrons. The molecule has 31 heavy (non-hydrogen) atoms. The van der Waals surface area contributed by atoms with Gasteiger partial charge in [-0.05, 0) is 68.6 Å². The number of carbonyl (C=O) groups is 2. The minimum atomic E-state index is -0.397. The third-order valence-corrected chi connectivity index (χ3v) is 6.41. The summed E-state index contributed by atoms with van der Waals surface area (Å²) in [5.41, 5.74) is 6.87. The van der Waals surface area contributed by atoms with Gasteiger partial charge in [0.25, 0.3) is 0 Å². The van der Waals surface area contributed by atoms with E-state index >= 15 is 0 Å². The number of nitrogens with one attached hydrogen (secondary N) is 2. The summed E-state index contributed by atoms with van der Waals surface area (Å²) >= 11 is 0. The molecule has 4 rings (SSSR count). The van der Waals surface area contributed by atoms with E-state index in [1.807, 2.05) is 50.2 Å². The molecule has 0 saturated carbocycles. The fraction of sp³-hybridized carbons (Fsp3) is 0.440. The van der Waals surface area contributed by atoms with Gasteiger partial charge in [-0.15, -0.1) is 0 Å². The van der Waals surface area contributed by atoms with Crippen molar-refractivity contribution in [3.63, 3.8) is 0 Å². The van der Waals surface area contributed by atoms with Gasteiger partial charge in [0.1, 0.15) is 0 Å². The fourth-order valence-electron chi connectivity index (χ4n) is 4.76. The van der Waals surface area contributed by atoms with Crippen LogP contribution >= 0.6 is 0 Å². The van der Waals surface area contributed by atoms with Crippen molar-refractivity contribution in [2.24, 2.45) is 0 Å². The van der Waals surface area contributed by atoms with Gasteiger partial charge in [0.2, 0.25) is 5.91 Å². The first-order chi connectivity index (χ1) is 15.0. The number of carbonyl (C=O) groups excluding carboxylic acids is 2. The third kappa shape index (κ3) is 4.90. The molecule has 0 radical (unpaired) electrons. The molecule has 0 aromatic heterocycles. The van der Waals surface area contributed by atoms with Crippen molar-refractivity contribution >= 4 is 17.6 Å². The number of hydrazine groups is 1. The maximum Gasteiger partial charge on any atom is 0.338 e. The number of hydrogen-bond donors (Lipinski definition) is 2. The maximum absolute atomic E-state index is 13.3. The summed E-state index contributed by atoms with van der Waals surface area (Å²) in [6.45, 7) is 6.39. The SMILES string of the molecule is Cc1cccc(NC(=O)NN2C[C@H](N3CCCCCC3)c3ccccc3[C@H](C)C2=O)c1. The van der Waals surface area contributed by atoms with Gasteiger partial charge in [-0.2, -0.15) is 0 Å². The van der Waals surface area contributed by atoms with E-state index in [0.717, 1.165) is 24.2 Å². The molecule has 3 amide bonds. The first-order valence-corrected chi connectivity index (χ1v) is 11.3. The average molecular weight is 421 g/mol. The van der Waals surface area contributed by atoms with E-state index in [0.29, 0.717) is 12.2 Å². The number of hydrogen-bond acceptors (Lipinski definition) is 3. The Morgan fingerprint density at radius 3 is 2.39 bits per heavy atom. The van der Waals surface area contributed by atoms with E-state index in [4.69, 9.17) is 0 Å². The molecular formula is C25H32N4O2. The molecule has 1 fully saturated rings. The molecule has 2 aromatic carbocycles. The number of aryl methyl sites for hydroxylation is 1. The predicted octanol–water partition coefficient (Wildman–Crippen LogP) is 4.59. The number of anilines is 1. The number of benzene rings is 2. The number of amides is 3. The van der Waals surface area contributed by atoms with Crippen LogP contribution in [0.3, 0.4) is 0 Å². The molecule has 2 aromatic rings. The van der Waals surface area contributed by atoms with E-state index in [2.05, 4.69) is 27.8 Å². The summed E-state index contributed by atoms with van der Waals surface area (Å²) in [4.78, 5) is 28.5. The number of nitrogens with zero attached hydrogens (tertiary/aromatic N) is 2. The second kappa shape index (κ2) is 9.52. The molecule has 2 aliphatic rings. The second-order valence-corrected chi connectivity index (χ2v) is 8.70. The van der Waals surface area contributed by atoms with E-state index in [9.17, 15) is 9.59 Å². The topological polar surface area (TPSA) is 64.7 Å². The molecule has 0 aliphatic carbocycles. The van der Waals surface area contributed by atoms with Crippen LogP contribution < -0.4 is 10.7 Å². The zero-order valence-electron chi connectivity index (χ0n) is 18.4. The first-order valence-electron chi connectivity index (χ1n) is 11.3. The molecule has 0 unspecified atom stereocenters. The van der Waals surface area contributed by atoms with Crippen molar-refractivity contribution in [3.05, 3.63) is 65.2 Å². The molecule has 2 aliphatic heterocycles. The molecule has 0 bridgehead atoms. The van der Waals surface area contributed by atoms with Gasteiger partial charge in [-0.25, -0.2) is 10.2 Å². The zero-order valence-corrected chi connectivity index (χ0v) is 18.4. The van der Waals surface area contributed by atoms with Gasteiger partial charge < -0.3 is 5.32 Å². The summed E-state index contributed by atoms with van der Waals surface area (Å²) < 4.78 is 0. The summed E-state index contributed by atoms with van der Waals surface area (Å²) in [6.07, 6.45) is 4.84. The van der Waals surface area contributed by atoms with Crippen LogP contribution in [0.25, 0.3) is 0 Å². The Bertz CT molecular complexity index is 937. The molecule has 0 spiro atoms. The Kier molecular flexibility index (Phi) is 6.56. The van der Waals surface area contributed by atoms with Gasteiger partial charge in [-0.3, -0.25) is 14.7 Å². The van der Waals surface area contributed by atoms with E-state index in [1.54, 1.807) is 0 Å². The molecule has 2 heterocycles. The Morgan fingerprint density at radius 1 is 0.968 bits per heavy atom. The maximum atomic E-state index is 13.3. The lowest BCUT2D eigenvalue weighted by Gasteiger charge is -2.34. The largest absolute Gasteiger partial charge is 0.338 e. The molecule has 2 atom stereocenters. The van der Waals surface area contributed by atoms with E-state index in [1.165, 1.54) is 36.3 Å². The highest BCUT2D eigenvalue weighted by Gasteiger charge is 2.36. The van der Waals surface area contributed by atoms with Crippen LogP contribution in [0.2, 0.25) is 0 Å². The molecule has 2 N–H and O–H groups in total. The number of fused-ring (bicyclic) bond motifs is 1. The third-order valence-electron chi connectivity index (χ3n) is 6.41. The van der Waals surface area contributed by atoms with Crippen LogP contribution in [-0.2, 0) is 4.79 Å². The number of urea groups is 1. The van der Waals surface area contributed by atoms with E-state index < -0.39 is 6.03 Å². The van der Waals surface area contributed by atoms with Gasteiger partial charge in [0.05, 0.1) is 18.5 Å². The summed E-state index contributed by atoms with van der Waals surface area (Å²) in [5.74, 6) is -0.392. The van der Waals surface area contributed by atoms with Crippen LogP contribution in [0.4, 0.5) is 10.5 Å². The molecule has 6 nitrogen and oxygen atoms in total. The zero-order chi connectivity index (χ0) is 21.8. The Balaban J connectivity index is 1.58. The second-order valence-electron chi connectivity index (χ2n) is 8.70. The van der Waals surface area contributed by atoms with Crippen LogP contribution in [0.1, 0.15) is 61.3 Å². The predicted molar refractivity (Wildman–Crippen MR) is 123 cm³/mol.